The molecule has 1 aromatic rings. The molecule has 0 aromatic carbocycles. The van der Waals surface area contributed by atoms with Crippen molar-refractivity contribution in [3.05, 3.63) is 24.8 Å². The van der Waals surface area contributed by atoms with Gasteiger partial charge in [-0.2, -0.15) is 5.10 Å². The smallest absolute Gasteiger partial charge is 0.229 e. The number of carbonyl (C=O) groups is 1. The summed E-state index contributed by atoms with van der Waals surface area (Å²) in [5.74, 6) is 1.55. The summed E-state index contributed by atoms with van der Waals surface area (Å²) in [6.45, 7) is 5.48. The van der Waals surface area contributed by atoms with Gasteiger partial charge in [0.15, 0.2) is 0 Å². The molecule has 1 saturated carbocycles. The van der Waals surface area contributed by atoms with E-state index in [-0.39, 0.29) is 5.41 Å². The highest BCUT2D eigenvalue weighted by atomic mass is 16.2. The molecule has 1 amide bonds. The van der Waals surface area contributed by atoms with E-state index in [4.69, 9.17) is 0 Å². The Bertz CT molecular complexity index is 490. The Kier molecular flexibility index (Phi) is 4.08. The molecule has 2 aliphatic rings. The van der Waals surface area contributed by atoms with E-state index in [0.29, 0.717) is 11.8 Å². The van der Waals surface area contributed by atoms with Crippen molar-refractivity contribution in [2.75, 3.05) is 13.1 Å². The molecule has 1 unspecified atom stereocenters. The lowest BCUT2D eigenvalue weighted by molar-refractivity contribution is -0.143. The minimum Gasteiger partial charge on any atom is -0.341 e. The molecular weight excluding hydrogens is 264 g/mol. The lowest BCUT2D eigenvalue weighted by atomic mass is 9.71. The zero-order chi connectivity index (χ0) is 14.7. The number of aromatic nitrogens is 3. The van der Waals surface area contributed by atoms with Crippen molar-refractivity contribution in [2.24, 2.45) is 5.41 Å². The van der Waals surface area contributed by atoms with Crippen molar-refractivity contribution in [2.45, 2.75) is 50.9 Å². The van der Waals surface area contributed by atoms with E-state index in [1.807, 2.05) is 11.0 Å². The second-order valence-electron chi connectivity index (χ2n) is 6.44. The Hall–Kier alpha value is -1.65. The van der Waals surface area contributed by atoms with Gasteiger partial charge < -0.3 is 4.90 Å². The van der Waals surface area contributed by atoms with Gasteiger partial charge in [-0.1, -0.05) is 25.3 Å². The van der Waals surface area contributed by atoms with Crippen LogP contribution in [-0.2, 0) is 4.79 Å². The van der Waals surface area contributed by atoms with Crippen LogP contribution in [0.4, 0.5) is 0 Å². The first-order valence-corrected chi connectivity index (χ1v) is 8.01. The number of carbonyl (C=O) groups excluding carboxylic acids is 1. The second kappa shape index (κ2) is 6.00. The van der Waals surface area contributed by atoms with Crippen LogP contribution in [0.25, 0.3) is 0 Å². The number of aromatic amines is 1. The van der Waals surface area contributed by atoms with Crippen molar-refractivity contribution >= 4 is 5.91 Å². The first-order valence-electron chi connectivity index (χ1n) is 8.01. The molecular formula is C16H24N4O. The molecule has 114 valence electrons. The molecule has 5 nitrogen and oxygen atoms in total. The van der Waals surface area contributed by atoms with Crippen molar-refractivity contribution in [1.82, 2.24) is 20.1 Å². The molecule has 1 aliphatic carbocycles. The van der Waals surface area contributed by atoms with E-state index in [1.165, 1.54) is 19.3 Å². The fourth-order valence-corrected chi connectivity index (χ4v) is 3.93. The van der Waals surface area contributed by atoms with E-state index >= 15 is 0 Å². The van der Waals surface area contributed by atoms with E-state index in [9.17, 15) is 4.79 Å². The largest absolute Gasteiger partial charge is 0.341 e. The van der Waals surface area contributed by atoms with Gasteiger partial charge in [0.1, 0.15) is 12.2 Å². The van der Waals surface area contributed by atoms with Crippen LogP contribution in [0, 0.1) is 5.41 Å². The summed E-state index contributed by atoms with van der Waals surface area (Å²) in [5, 5.41) is 6.85. The number of hydrogen-bond donors (Lipinski definition) is 1. The Morgan fingerprint density at radius 3 is 2.95 bits per heavy atom. The first kappa shape index (κ1) is 14.3. The number of likely N-dealkylation sites (tertiary alicyclic amines) is 1. The zero-order valence-corrected chi connectivity index (χ0v) is 12.6. The molecule has 5 heteroatoms. The summed E-state index contributed by atoms with van der Waals surface area (Å²) in [6, 6.07) is 0. The highest BCUT2D eigenvalue weighted by molar-refractivity contribution is 5.83. The normalized spacial score (nSPS) is 25.0. The van der Waals surface area contributed by atoms with Gasteiger partial charge in [0, 0.05) is 19.0 Å². The number of nitrogens with zero attached hydrogens (tertiary/aromatic N) is 3. The number of amides is 1. The Balaban J connectivity index is 1.70. The van der Waals surface area contributed by atoms with Gasteiger partial charge in [-0.3, -0.25) is 9.89 Å². The van der Waals surface area contributed by atoms with Gasteiger partial charge in [0.25, 0.3) is 0 Å². The third-order valence-corrected chi connectivity index (χ3v) is 5.10. The van der Waals surface area contributed by atoms with E-state index in [2.05, 4.69) is 21.8 Å². The third-order valence-electron chi connectivity index (χ3n) is 5.10. The van der Waals surface area contributed by atoms with Crippen LogP contribution in [0.2, 0.25) is 0 Å². The maximum absolute atomic E-state index is 13.1. The van der Waals surface area contributed by atoms with Gasteiger partial charge in [-0.15, -0.1) is 6.58 Å². The highest BCUT2D eigenvalue weighted by Crippen LogP contribution is 2.42. The van der Waals surface area contributed by atoms with Gasteiger partial charge in [0.2, 0.25) is 5.91 Å². The molecule has 3 rings (SSSR count). The number of H-pyrrole nitrogens is 1. The number of nitrogens with one attached hydrogen (secondary N) is 1. The Labute approximate surface area is 125 Å². The van der Waals surface area contributed by atoms with E-state index in [0.717, 1.165) is 44.6 Å². The lowest BCUT2D eigenvalue weighted by Crippen LogP contribution is -2.44. The Morgan fingerprint density at radius 2 is 2.29 bits per heavy atom. The van der Waals surface area contributed by atoms with E-state index < -0.39 is 0 Å². The average molecular weight is 288 g/mol. The van der Waals surface area contributed by atoms with Crippen LogP contribution in [0.1, 0.15) is 56.7 Å². The molecule has 1 aliphatic heterocycles. The maximum atomic E-state index is 13.1. The molecule has 1 atom stereocenters. The second-order valence-corrected chi connectivity index (χ2v) is 6.44. The standard InChI is InChI=1S/C16H24N4O/c1-2-7-16(8-4-3-5-9-16)15(21)20-10-6-13(11-20)14-17-12-18-19-14/h2,12-13H,1,3-11H2,(H,17,18,19). The SMILES string of the molecule is C=CCC1(C(=O)N2CCC(c3ncn[nH]3)C2)CCCCC1. The quantitative estimate of drug-likeness (QED) is 0.866. The topological polar surface area (TPSA) is 61.9 Å². The summed E-state index contributed by atoms with van der Waals surface area (Å²) in [5.41, 5.74) is -0.184. The van der Waals surface area contributed by atoms with Gasteiger partial charge >= 0.3 is 0 Å². The van der Waals surface area contributed by atoms with Gasteiger partial charge in [-0.25, -0.2) is 4.98 Å². The Morgan fingerprint density at radius 1 is 1.48 bits per heavy atom. The summed E-state index contributed by atoms with van der Waals surface area (Å²) in [6.07, 6.45) is 10.9. The van der Waals surface area contributed by atoms with Crippen LogP contribution >= 0.6 is 0 Å². The molecule has 1 aromatic heterocycles. The number of rotatable bonds is 4. The average Bonchev–Trinajstić information content (AvgIpc) is 3.19. The first-order chi connectivity index (χ1) is 10.2. The molecule has 1 N–H and O–H groups in total. The summed E-state index contributed by atoms with van der Waals surface area (Å²) in [4.78, 5) is 19.3. The van der Waals surface area contributed by atoms with Crippen LogP contribution in [0.5, 0.6) is 0 Å². The van der Waals surface area contributed by atoms with Gasteiger partial charge in [-0.05, 0) is 25.7 Å². The van der Waals surface area contributed by atoms with E-state index in [1.54, 1.807) is 6.33 Å². The van der Waals surface area contributed by atoms with Crippen molar-refractivity contribution in [3.63, 3.8) is 0 Å². The summed E-state index contributed by atoms with van der Waals surface area (Å²) < 4.78 is 0. The van der Waals surface area contributed by atoms with Crippen molar-refractivity contribution in [1.29, 1.82) is 0 Å². The molecule has 21 heavy (non-hydrogen) atoms. The number of hydrogen-bond acceptors (Lipinski definition) is 3. The minimum absolute atomic E-state index is 0.184. The zero-order valence-electron chi connectivity index (χ0n) is 12.6. The highest BCUT2D eigenvalue weighted by Gasteiger charge is 2.43. The van der Waals surface area contributed by atoms with Crippen LogP contribution < -0.4 is 0 Å². The van der Waals surface area contributed by atoms with Crippen LogP contribution in [-0.4, -0.2) is 39.1 Å². The molecule has 2 fully saturated rings. The molecule has 0 radical (unpaired) electrons. The van der Waals surface area contributed by atoms with Crippen LogP contribution in [0.15, 0.2) is 19.0 Å². The molecule has 0 bridgehead atoms. The summed E-state index contributed by atoms with van der Waals surface area (Å²) >= 11 is 0. The molecule has 2 heterocycles. The van der Waals surface area contributed by atoms with Crippen molar-refractivity contribution in [3.8, 4) is 0 Å². The number of allylic oxidation sites excluding steroid dienone is 1. The maximum Gasteiger partial charge on any atom is 0.229 e. The lowest BCUT2D eigenvalue weighted by Gasteiger charge is -2.38. The predicted octanol–water partition coefficient (Wildman–Crippen LogP) is 2.65. The fourth-order valence-electron chi connectivity index (χ4n) is 3.93. The van der Waals surface area contributed by atoms with Gasteiger partial charge in [0.05, 0.1) is 5.41 Å². The minimum atomic E-state index is -0.184. The molecule has 0 spiro atoms. The van der Waals surface area contributed by atoms with Crippen molar-refractivity contribution < 1.29 is 4.79 Å². The fraction of sp³-hybridized carbons (Fsp3) is 0.688. The van der Waals surface area contributed by atoms with Crippen LogP contribution in [0.3, 0.4) is 0 Å². The third kappa shape index (κ3) is 2.74. The molecule has 1 saturated heterocycles. The monoisotopic (exact) mass is 288 g/mol. The predicted molar refractivity (Wildman–Crippen MR) is 80.7 cm³/mol. The summed E-state index contributed by atoms with van der Waals surface area (Å²) in [7, 11) is 0.